The largest absolute Gasteiger partial charge is 0.480 e. The molecule has 6 nitrogen and oxygen atoms in total. The average molecular weight is 281 g/mol. The topological polar surface area (TPSA) is 92.7 Å². The van der Waals surface area contributed by atoms with E-state index in [9.17, 15) is 14.4 Å². The molecule has 1 rings (SSSR count). The Kier molecular flexibility index (Phi) is 9.29. The van der Waals surface area contributed by atoms with E-state index in [0.29, 0.717) is 6.61 Å². The van der Waals surface area contributed by atoms with E-state index in [1.165, 1.54) is 6.92 Å². The molecule has 1 aromatic rings. The van der Waals surface area contributed by atoms with E-state index < -0.39 is 11.9 Å². The number of Topliss-reactive ketones (excluding diaryl/α,β-unsaturated/α-hetero) is 1. The maximum atomic E-state index is 10.4. The highest BCUT2D eigenvalue weighted by Crippen LogP contribution is 2.03. The Morgan fingerprint density at radius 1 is 1.20 bits per heavy atom. The highest BCUT2D eigenvalue weighted by Gasteiger charge is 2.03. The number of esters is 1. The van der Waals surface area contributed by atoms with Gasteiger partial charge in [0.05, 0.1) is 6.61 Å². The number of ketones is 1. The van der Waals surface area contributed by atoms with Crippen molar-refractivity contribution in [2.75, 3.05) is 18.5 Å². The molecule has 6 heteroatoms. The van der Waals surface area contributed by atoms with Crippen LogP contribution in [0.15, 0.2) is 30.3 Å². The van der Waals surface area contributed by atoms with Crippen LogP contribution in [0, 0.1) is 0 Å². The zero-order valence-corrected chi connectivity index (χ0v) is 11.6. The van der Waals surface area contributed by atoms with E-state index in [4.69, 9.17) is 5.11 Å². The number of anilines is 1. The summed E-state index contributed by atoms with van der Waals surface area (Å²) < 4.78 is 4.49. The highest BCUT2D eigenvalue weighted by molar-refractivity contribution is 5.94. The average Bonchev–Trinajstić information content (AvgIpc) is 2.38. The molecule has 2 N–H and O–H groups in total. The first-order valence-corrected chi connectivity index (χ1v) is 6.11. The zero-order valence-electron chi connectivity index (χ0n) is 11.6. The van der Waals surface area contributed by atoms with Crippen molar-refractivity contribution in [3.05, 3.63) is 30.3 Å². The minimum absolute atomic E-state index is 0.0377. The van der Waals surface area contributed by atoms with Crippen molar-refractivity contribution in [3.63, 3.8) is 0 Å². The lowest BCUT2D eigenvalue weighted by molar-refractivity contribution is -0.145. The number of benzene rings is 1. The molecular weight excluding hydrogens is 262 g/mol. The quantitative estimate of drug-likeness (QED) is 0.609. The fourth-order valence-electron chi connectivity index (χ4n) is 1.15. The first-order valence-electron chi connectivity index (χ1n) is 6.11. The summed E-state index contributed by atoms with van der Waals surface area (Å²) in [6.07, 6.45) is -0.103. The number of carbonyl (C=O) groups excluding carboxylic acids is 2. The lowest BCUT2D eigenvalue weighted by atomic mass is 10.3. The normalized spacial score (nSPS) is 8.90. The maximum absolute atomic E-state index is 10.4. The molecule has 110 valence electrons. The number of para-hydroxylation sites is 1. The Labute approximate surface area is 117 Å². The molecule has 0 aliphatic rings. The van der Waals surface area contributed by atoms with Gasteiger partial charge < -0.3 is 15.2 Å². The Balaban J connectivity index is 0.000000370. The molecule has 0 saturated heterocycles. The smallest absolute Gasteiger partial charge is 0.322 e. The van der Waals surface area contributed by atoms with E-state index in [-0.39, 0.29) is 18.7 Å². The minimum atomic E-state index is -0.853. The number of carboxylic acids is 1. The molecule has 0 radical (unpaired) electrons. The first-order chi connectivity index (χ1) is 9.45. The highest BCUT2D eigenvalue weighted by atomic mass is 16.5. The second-order valence-electron chi connectivity index (χ2n) is 3.80. The molecule has 20 heavy (non-hydrogen) atoms. The number of rotatable bonds is 6. The van der Waals surface area contributed by atoms with Gasteiger partial charge in [-0.25, -0.2) is 0 Å². The number of carboxylic acid groups (broad SMARTS) is 1. The SMILES string of the molecule is CCOC(=O)CC(C)=O.O=C(O)CNc1ccccc1. The van der Waals surface area contributed by atoms with Crippen LogP contribution in [0.1, 0.15) is 20.3 Å². The molecule has 0 bridgehead atoms. The van der Waals surface area contributed by atoms with E-state index in [0.717, 1.165) is 5.69 Å². The predicted molar refractivity (Wildman–Crippen MR) is 74.5 cm³/mol. The number of aliphatic carboxylic acids is 1. The third kappa shape index (κ3) is 10.8. The van der Waals surface area contributed by atoms with Gasteiger partial charge in [-0.3, -0.25) is 14.4 Å². The third-order valence-electron chi connectivity index (χ3n) is 1.92. The number of hydrogen-bond donors (Lipinski definition) is 2. The Morgan fingerprint density at radius 3 is 2.25 bits per heavy atom. The number of ether oxygens (including phenoxy) is 1. The van der Waals surface area contributed by atoms with Crippen LogP contribution < -0.4 is 5.32 Å². The summed E-state index contributed by atoms with van der Waals surface area (Å²) in [6, 6.07) is 9.23. The molecular formula is C14H19NO5. The van der Waals surface area contributed by atoms with Crippen LogP contribution in [0.5, 0.6) is 0 Å². The van der Waals surface area contributed by atoms with Crippen molar-refractivity contribution >= 4 is 23.4 Å². The Hall–Kier alpha value is -2.37. The Bertz CT molecular complexity index is 430. The summed E-state index contributed by atoms with van der Waals surface area (Å²) in [5.41, 5.74) is 0.829. The van der Waals surface area contributed by atoms with Gasteiger partial charge in [-0.15, -0.1) is 0 Å². The van der Waals surface area contributed by atoms with Crippen molar-refractivity contribution < 1.29 is 24.2 Å². The van der Waals surface area contributed by atoms with Crippen LogP contribution in [0.3, 0.4) is 0 Å². The van der Waals surface area contributed by atoms with Crippen LogP contribution in [0.4, 0.5) is 5.69 Å². The maximum Gasteiger partial charge on any atom is 0.322 e. The molecule has 0 atom stereocenters. The van der Waals surface area contributed by atoms with E-state index in [1.54, 1.807) is 6.92 Å². The van der Waals surface area contributed by atoms with Gasteiger partial charge in [-0.05, 0) is 26.0 Å². The minimum Gasteiger partial charge on any atom is -0.480 e. The summed E-state index contributed by atoms with van der Waals surface area (Å²) in [7, 11) is 0. The number of nitrogens with one attached hydrogen (secondary N) is 1. The molecule has 1 aromatic carbocycles. The summed E-state index contributed by atoms with van der Waals surface area (Å²) in [6.45, 7) is 3.37. The van der Waals surface area contributed by atoms with Gasteiger partial charge in [-0.1, -0.05) is 18.2 Å². The standard InChI is InChI=1S/C8H9NO2.C6H10O3/c10-8(11)6-9-7-4-2-1-3-5-7;1-3-9-6(8)4-5(2)7/h1-5,9H,6H2,(H,10,11);3-4H2,1-2H3. The molecule has 0 aromatic heterocycles. The molecule has 0 aliphatic carbocycles. The van der Waals surface area contributed by atoms with Crippen LogP contribution in [0.25, 0.3) is 0 Å². The summed E-state index contributed by atoms with van der Waals surface area (Å²) in [4.78, 5) is 30.7. The second-order valence-corrected chi connectivity index (χ2v) is 3.80. The van der Waals surface area contributed by atoms with Crippen molar-refractivity contribution in [2.45, 2.75) is 20.3 Å². The molecule has 0 amide bonds. The van der Waals surface area contributed by atoms with Crippen molar-refractivity contribution in [1.29, 1.82) is 0 Å². The van der Waals surface area contributed by atoms with Crippen molar-refractivity contribution in [1.82, 2.24) is 0 Å². The van der Waals surface area contributed by atoms with Gasteiger partial charge in [0.25, 0.3) is 0 Å². The lowest BCUT2D eigenvalue weighted by Crippen LogP contribution is -2.11. The zero-order chi connectivity index (χ0) is 15.4. The molecule has 0 saturated carbocycles. The molecule has 0 aliphatic heterocycles. The van der Waals surface area contributed by atoms with Gasteiger partial charge in [0.2, 0.25) is 0 Å². The van der Waals surface area contributed by atoms with Gasteiger partial charge in [0.15, 0.2) is 0 Å². The molecule has 0 spiro atoms. The van der Waals surface area contributed by atoms with Crippen LogP contribution in [-0.4, -0.2) is 36.0 Å². The first kappa shape index (κ1) is 17.6. The summed E-state index contributed by atoms with van der Waals surface area (Å²) in [5, 5.41) is 11.1. The Morgan fingerprint density at radius 2 is 1.80 bits per heavy atom. The van der Waals surface area contributed by atoms with Gasteiger partial charge in [0.1, 0.15) is 18.7 Å². The number of carbonyl (C=O) groups is 3. The number of hydrogen-bond acceptors (Lipinski definition) is 5. The van der Waals surface area contributed by atoms with Crippen LogP contribution >= 0.6 is 0 Å². The van der Waals surface area contributed by atoms with Gasteiger partial charge in [-0.2, -0.15) is 0 Å². The lowest BCUT2D eigenvalue weighted by Gasteiger charge is -2.00. The van der Waals surface area contributed by atoms with Crippen LogP contribution in [0.2, 0.25) is 0 Å². The fourth-order valence-corrected chi connectivity index (χ4v) is 1.15. The predicted octanol–water partition coefficient (Wildman–Crippen LogP) is 1.71. The third-order valence-corrected chi connectivity index (χ3v) is 1.92. The molecule has 0 fully saturated rings. The van der Waals surface area contributed by atoms with Crippen molar-refractivity contribution in [2.24, 2.45) is 0 Å². The molecule has 0 unspecified atom stereocenters. The van der Waals surface area contributed by atoms with Gasteiger partial charge >= 0.3 is 11.9 Å². The van der Waals surface area contributed by atoms with Gasteiger partial charge in [0, 0.05) is 5.69 Å². The van der Waals surface area contributed by atoms with E-state index in [1.807, 2.05) is 30.3 Å². The van der Waals surface area contributed by atoms with E-state index in [2.05, 4.69) is 10.1 Å². The summed E-state index contributed by atoms with van der Waals surface area (Å²) >= 11 is 0. The monoisotopic (exact) mass is 281 g/mol. The second kappa shape index (κ2) is 10.5. The fraction of sp³-hybridized carbons (Fsp3) is 0.357. The van der Waals surface area contributed by atoms with E-state index >= 15 is 0 Å². The van der Waals surface area contributed by atoms with Crippen molar-refractivity contribution in [3.8, 4) is 0 Å². The molecule has 0 heterocycles. The van der Waals surface area contributed by atoms with Crippen LogP contribution in [-0.2, 0) is 19.1 Å². The summed E-state index contributed by atoms with van der Waals surface area (Å²) in [5.74, 6) is -1.45.